The molecule has 2 bridgehead atoms. The summed E-state index contributed by atoms with van der Waals surface area (Å²) in [5.41, 5.74) is 4.48. The van der Waals surface area contributed by atoms with E-state index in [1.165, 1.54) is 23.1 Å². The molecule has 3 rings (SSSR count). The van der Waals surface area contributed by atoms with Crippen molar-refractivity contribution in [1.29, 1.82) is 0 Å². The van der Waals surface area contributed by atoms with Gasteiger partial charge >= 0.3 is 0 Å². The van der Waals surface area contributed by atoms with Crippen LogP contribution in [0.1, 0.15) is 45.2 Å². The van der Waals surface area contributed by atoms with E-state index in [1.807, 2.05) is 12.1 Å². The van der Waals surface area contributed by atoms with Crippen molar-refractivity contribution in [2.24, 2.45) is 5.92 Å². The van der Waals surface area contributed by atoms with Gasteiger partial charge in [-0.1, -0.05) is 31.6 Å². The van der Waals surface area contributed by atoms with Crippen LogP contribution in [0.25, 0.3) is 0 Å². The Kier molecular flexibility index (Phi) is 3.61. The van der Waals surface area contributed by atoms with Crippen LogP contribution < -0.4 is 0 Å². The van der Waals surface area contributed by atoms with Gasteiger partial charge in [0.25, 0.3) is 0 Å². The molecule has 0 aromatic heterocycles. The van der Waals surface area contributed by atoms with E-state index < -0.39 is 0 Å². The van der Waals surface area contributed by atoms with E-state index in [1.54, 1.807) is 0 Å². The smallest absolute Gasteiger partial charge is 0.115 e. The lowest BCUT2D eigenvalue weighted by atomic mass is 9.59. The van der Waals surface area contributed by atoms with Gasteiger partial charge in [-0.3, -0.25) is 4.90 Å². The van der Waals surface area contributed by atoms with Gasteiger partial charge in [-0.2, -0.15) is 0 Å². The van der Waals surface area contributed by atoms with Crippen LogP contribution in [0.2, 0.25) is 0 Å². The minimum absolute atomic E-state index is 0.206. The first kappa shape index (κ1) is 14.6. The number of likely N-dealkylation sites (tertiary alicyclic amines) is 1. The third-order valence-corrected chi connectivity index (χ3v) is 6.05. The van der Waals surface area contributed by atoms with Crippen LogP contribution in [-0.4, -0.2) is 29.1 Å². The standard InChI is InChI=1S/C19H27NO/c1-5-13(2)12-20-9-8-19(4)14(3)18(20)10-15-6-7-16(21)11-17(15)19/h5-7,11,14,18,21H,8-10,12H2,1-4H3/b13-5-/t14-,18+,19+/m0/s1. The van der Waals surface area contributed by atoms with Crippen LogP contribution in [0.15, 0.2) is 29.8 Å². The molecule has 2 aliphatic rings. The SMILES string of the molecule is C/C=C(/C)CN1CC[C@@]2(C)c3cc(O)ccc3C[C@@H]1[C@@H]2C. The molecule has 1 heterocycles. The minimum atomic E-state index is 0.206. The van der Waals surface area contributed by atoms with Crippen molar-refractivity contribution in [1.82, 2.24) is 4.90 Å². The molecule has 0 saturated carbocycles. The lowest BCUT2D eigenvalue weighted by Gasteiger charge is -2.54. The van der Waals surface area contributed by atoms with Gasteiger partial charge in [0.2, 0.25) is 0 Å². The summed E-state index contributed by atoms with van der Waals surface area (Å²) in [4.78, 5) is 2.66. The van der Waals surface area contributed by atoms with Gasteiger partial charge < -0.3 is 5.11 Å². The number of hydrogen-bond donors (Lipinski definition) is 1. The van der Waals surface area contributed by atoms with Gasteiger partial charge in [-0.15, -0.1) is 0 Å². The highest BCUT2D eigenvalue weighted by Crippen LogP contribution is 2.49. The summed E-state index contributed by atoms with van der Waals surface area (Å²) < 4.78 is 0. The molecule has 0 radical (unpaired) electrons. The Morgan fingerprint density at radius 2 is 2.24 bits per heavy atom. The van der Waals surface area contributed by atoms with Crippen LogP contribution in [0.5, 0.6) is 5.75 Å². The number of phenols is 1. The number of phenolic OH excluding ortho intramolecular Hbond substituents is 1. The Balaban J connectivity index is 1.98. The molecule has 1 fully saturated rings. The molecule has 2 nitrogen and oxygen atoms in total. The van der Waals surface area contributed by atoms with Gasteiger partial charge in [0.1, 0.15) is 5.75 Å². The summed E-state index contributed by atoms with van der Waals surface area (Å²) in [5, 5.41) is 9.87. The topological polar surface area (TPSA) is 23.5 Å². The largest absolute Gasteiger partial charge is 0.508 e. The predicted octanol–water partition coefficient (Wildman–Crippen LogP) is 3.88. The quantitative estimate of drug-likeness (QED) is 0.834. The van der Waals surface area contributed by atoms with Gasteiger partial charge in [0.15, 0.2) is 0 Å². The molecular weight excluding hydrogens is 258 g/mol. The highest BCUT2D eigenvalue weighted by Gasteiger charge is 2.48. The summed E-state index contributed by atoms with van der Waals surface area (Å²) in [5.74, 6) is 1.04. The fraction of sp³-hybridized carbons (Fsp3) is 0.579. The third kappa shape index (κ3) is 2.30. The number of rotatable bonds is 2. The Morgan fingerprint density at radius 3 is 2.95 bits per heavy atom. The fourth-order valence-corrected chi connectivity index (χ4v) is 4.30. The highest BCUT2D eigenvalue weighted by atomic mass is 16.3. The van der Waals surface area contributed by atoms with E-state index in [0.717, 1.165) is 19.5 Å². The maximum absolute atomic E-state index is 9.87. The highest BCUT2D eigenvalue weighted by molar-refractivity contribution is 5.44. The molecule has 0 unspecified atom stereocenters. The zero-order valence-electron chi connectivity index (χ0n) is 13.7. The molecule has 1 aliphatic heterocycles. The third-order valence-electron chi connectivity index (χ3n) is 6.05. The maximum atomic E-state index is 9.87. The monoisotopic (exact) mass is 285 g/mol. The second-order valence-corrected chi connectivity index (χ2v) is 7.17. The summed E-state index contributed by atoms with van der Waals surface area (Å²) in [6.45, 7) is 11.4. The number of benzene rings is 1. The number of hydrogen-bond acceptors (Lipinski definition) is 2. The number of nitrogens with zero attached hydrogens (tertiary/aromatic N) is 1. The molecule has 3 atom stereocenters. The molecule has 1 aromatic rings. The van der Waals surface area contributed by atoms with Gasteiger partial charge in [0, 0.05) is 12.6 Å². The Hall–Kier alpha value is -1.28. The Morgan fingerprint density at radius 1 is 1.48 bits per heavy atom. The van der Waals surface area contributed by atoms with Crippen LogP contribution >= 0.6 is 0 Å². The molecule has 1 aromatic carbocycles. The first-order chi connectivity index (χ1) is 9.95. The van der Waals surface area contributed by atoms with Crippen LogP contribution in [0.4, 0.5) is 0 Å². The molecule has 1 N–H and O–H groups in total. The maximum Gasteiger partial charge on any atom is 0.115 e. The van der Waals surface area contributed by atoms with E-state index in [-0.39, 0.29) is 5.41 Å². The average Bonchev–Trinajstić information content (AvgIpc) is 2.46. The number of allylic oxidation sites excluding steroid dienone is 1. The zero-order valence-corrected chi connectivity index (χ0v) is 13.7. The van der Waals surface area contributed by atoms with Crippen LogP contribution in [0.3, 0.4) is 0 Å². The number of aromatic hydroxyl groups is 1. The zero-order chi connectivity index (χ0) is 15.2. The predicted molar refractivity (Wildman–Crippen MR) is 87.7 cm³/mol. The van der Waals surface area contributed by atoms with E-state index in [2.05, 4.69) is 44.7 Å². The first-order valence-corrected chi connectivity index (χ1v) is 8.14. The van der Waals surface area contributed by atoms with Crippen LogP contribution in [-0.2, 0) is 11.8 Å². The average molecular weight is 285 g/mol. The number of fused-ring (bicyclic) bond motifs is 4. The van der Waals surface area contributed by atoms with Crippen molar-refractivity contribution in [2.75, 3.05) is 13.1 Å². The van der Waals surface area contributed by atoms with Crippen molar-refractivity contribution in [2.45, 2.75) is 52.0 Å². The number of piperidine rings is 1. The molecule has 0 spiro atoms. The lowest BCUT2D eigenvalue weighted by molar-refractivity contribution is 0.0380. The molecule has 21 heavy (non-hydrogen) atoms. The summed E-state index contributed by atoms with van der Waals surface area (Å²) >= 11 is 0. The minimum Gasteiger partial charge on any atom is -0.508 e. The second kappa shape index (κ2) is 5.17. The van der Waals surface area contributed by atoms with Crippen LogP contribution in [0, 0.1) is 5.92 Å². The van der Waals surface area contributed by atoms with Gasteiger partial charge in [-0.05, 0) is 67.8 Å². The molecule has 1 saturated heterocycles. The lowest BCUT2D eigenvalue weighted by Crippen LogP contribution is -2.58. The second-order valence-electron chi connectivity index (χ2n) is 7.17. The molecule has 114 valence electrons. The van der Waals surface area contributed by atoms with Crippen molar-refractivity contribution < 1.29 is 5.11 Å². The summed E-state index contributed by atoms with van der Waals surface area (Å²) in [6, 6.07) is 6.61. The van der Waals surface area contributed by atoms with Crippen molar-refractivity contribution in [3.63, 3.8) is 0 Å². The van der Waals surface area contributed by atoms with E-state index >= 15 is 0 Å². The molecular formula is C19H27NO. The van der Waals surface area contributed by atoms with Gasteiger partial charge in [-0.25, -0.2) is 0 Å². The summed E-state index contributed by atoms with van der Waals surface area (Å²) in [6.07, 6.45) is 4.52. The van der Waals surface area contributed by atoms with E-state index in [9.17, 15) is 5.11 Å². The molecule has 2 heteroatoms. The Labute approximate surface area is 128 Å². The van der Waals surface area contributed by atoms with Crippen molar-refractivity contribution >= 4 is 0 Å². The fourth-order valence-electron chi connectivity index (χ4n) is 4.30. The van der Waals surface area contributed by atoms with Gasteiger partial charge in [0.05, 0.1) is 0 Å². The van der Waals surface area contributed by atoms with Crippen molar-refractivity contribution in [3.05, 3.63) is 41.0 Å². The first-order valence-electron chi connectivity index (χ1n) is 8.14. The normalized spacial score (nSPS) is 32.9. The molecule has 0 amide bonds. The summed E-state index contributed by atoms with van der Waals surface area (Å²) in [7, 11) is 0. The van der Waals surface area contributed by atoms with E-state index in [0.29, 0.717) is 17.7 Å². The van der Waals surface area contributed by atoms with Crippen molar-refractivity contribution in [3.8, 4) is 5.75 Å². The molecule has 1 aliphatic carbocycles. The van der Waals surface area contributed by atoms with E-state index in [4.69, 9.17) is 0 Å². The Bertz CT molecular complexity index is 577.